The number of para-hydroxylation sites is 1. The van der Waals surface area contributed by atoms with Crippen molar-refractivity contribution in [3.8, 4) is 0 Å². The van der Waals surface area contributed by atoms with Crippen molar-refractivity contribution < 1.29 is 14.0 Å². The summed E-state index contributed by atoms with van der Waals surface area (Å²) in [4.78, 5) is 25.6. The Morgan fingerprint density at radius 1 is 1.19 bits per heavy atom. The van der Waals surface area contributed by atoms with Gasteiger partial charge in [-0.2, -0.15) is 5.10 Å². The zero-order chi connectivity index (χ0) is 22.4. The summed E-state index contributed by atoms with van der Waals surface area (Å²) in [6, 6.07) is 14.2. The average Bonchev–Trinajstić information content (AvgIpc) is 3.31. The van der Waals surface area contributed by atoms with E-state index in [2.05, 4.69) is 36.8 Å². The van der Waals surface area contributed by atoms with Crippen LogP contribution in [0.3, 0.4) is 0 Å². The van der Waals surface area contributed by atoms with Gasteiger partial charge in [-0.25, -0.2) is 4.39 Å². The molecule has 0 saturated carbocycles. The van der Waals surface area contributed by atoms with E-state index in [1.54, 1.807) is 12.1 Å². The second kappa shape index (κ2) is 8.03. The number of amides is 2. The van der Waals surface area contributed by atoms with Crippen molar-refractivity contribution >= 4 is 55.9 Å². The van der Waals surface area contributed by atoms with E-state index in [0.29, 0.717) is 37.6 Å². The highest BCUT2D eigenvalue weighted by Crippen LogP contribution is 2.40. The first-order chi connectivity index (χ1) is 15.4. The summed E-state index contributed by atoms with van der Waals surface area (Å²) >= 11 is 9.70. The molecule has 3 aromatic carbocycles. The lowest BCUT2D eigenvalue weighted by atomic mass is 9.96. The molecule has 1 aliphatic heterocycles. The first-order valence-corrected chi connectivity index (χ1v) is 10.9. The van der Waals surface area contributed by atoms with Crippen molar-refractivity contribution in [2.24, 2.45) is 0 Å². The molecule has 1 unspecified atom stereocenters. The minimum atomic E-state index is -0.699. The Morgan fingerprint density at radius 3 is 2.84 bits per heavy atom. The van der Waals surface area contributed by atoms with Gasteiger partial charge in [0.15, 0.2) is 0 Å². The SMILES string of the molecule is O=C(Cc1n[nH]c2ccccc12)Nc1cc(Br)cc2c1C(c1cc(F)ccc1Cl)NC2=O. The Labute approximate surface area is 195 Å². The molecule has 2 amide bonds. The fourth-order valence-electron chi connectivity index (χ4n) is 3.97. The number of hydrogen-bond donors (Lipinski definition) is 3. The van der Waals surface area contributed by atoms with Gasteiger partial charge in [-0.1, -0.05) is 45.7 Å². The van der Waals surface area contributed by atoms with Crippen LogP contribution in [0.4, 0.5) is 10.1 Å². The number of fused-ring (bicyclic) bond motifs is 2. The van der Waals surface area contributed by atoms with Crippen LogP contribution >= 0.6 is 27.5 Å². The Kier molecular flexibility index (Phi) is 5.19. The molecule has 0 fully saturated rings. The minimum Gasteiger partial charge on any atom is -0.341 e. The molecule has 0 aliphatic carbocycles. The summed E-state index contributed by atoms with van der Waals surface area (Å²) in [6.45, 7) is 0. The molecule has 160 valence electrons. The van der Waals surface area contributed by atoms with Crippen LogP contribution in [0.5, 0.6) is 0 Å². The second-order valence-electron chi connectivity index (χ2n) is 7.43. The second-order valence-corrected chi connectivity index (χ2v) is 8.75. The van der Waals surface area contributed by atoms with Crippen molar-refractivity contribution in [2.75, 3.05) is 5.32 Å². The molecular formula is C23H15BrClFN4O2. The molecule has 6 nitrogen and oxygen atoms in total. The summed E-state index contributed by atoms with van der Waals surface area (Å²) in [7, 11) is 0. The maximum atomic E-state index is 13.9. The lowest BCUT2D eigenvalue weighted by molar-refractivity contribution is -0.115. The average molecular weight is 514 g/mol. The van der Waals surface area contributed by atoms with Gasteiger partial charge < -0.3 is 10.6 Å². The van der Waals surface area contributed by atoms with Crippen molar-refractivity contribution in [3.63, 3.8) is 0 Å². The van der Waals surface area contributed by atoms with E-state index in [4.69, 9.17) is 11.6 Å². The highest BCUT2D eigenvalue weighted by atomic mass is 79.9. The van der Waals surface area contributed by atoms with Gasteiger partial charge in [-0.05, 0) is 36.4 Å². The van der Waals surface area contributed by atoms with Crippen LogP contribution in [0.2, 0.25) is 5.02 Å². The Morgan fingerprint density at radius 2 is 2.00 bits per heavy atom. The molecule has 32 heavy (non-hydrogen) atoms. The molecule has 0 radical (unpaired) electrons. The molecule has 3 N–H and O–H groups in total. The third-order valence-electron chi connectivity index (χ3n) is 5.37. The summed E-state index contributed by atoms with van der Waals surface area (Å²) in [5, 5.41) is 14.1. The van der Waals surface area contributed by atoms with E-state index in [1.807, 2.05) is 24.3 Å². The Balaban J connectivity index is 1.51. The van der Waals surface area contributed by atoms with Crippen molar-refractivity contribution in [1.82, 2.24) is 15.5 Å². The monoisotopic (exact) mass is 512 g/mol. The van der Waals surface area contributed by atoms with E-state index < -0.39 is 11.9 Å². The molecule has 0 spiro atoms. The van der Waals surface area contributed by atoms with E-state index >= 15 is 0 Å². The summed E-state index contributed by atoms with van der Waals surface area (Å²) in [5.41, 5.74) is 3.21. The van der Waals surface area contributed by atoms with Gasteiger partial charge in [-0.3, -0.25) is 14.7 Å². The number of aromatic amines is 1. The van der Waals surface area contributed by atoms with Crippen molar-refractivity contribution in [1.29, 1.82) is 0 Å². The molecule has 4 aromatic rings. The number of carbonyl (C=O) groups excluding carboxylic acids is 2. The largest absolute Gasteiger partial charge is 0.341 e. The van der Waals surface area contributed by atoms with Crippen LogP contribution in [0.1, 0.15) is 33.2 Å². The number of rotatable bonds is 4. The van der Waals surface area contributed by atoms with E-state index in [-0.39, 0.29) is 18.2 Å². The summed E-state index contributed by atoms with van der Waals surface area (Å²) < 4.78 is 14.6. The number of benzene rings is 3. The van der Waals surface area contributed by atoms with Gasteiger partial charge in [0.05, 0.1) is 23.7 Å². The Bertz CT molecular complexity index is 1400. The van der Waals surface area contributed by atoms with Crippen LogP contribution in [-0.4, -0.2) is 22.0 Å². The predicted octanol–water partition coefficient (Wildman–Crippen LogP) is 5.13. The highest BCUT2D eigenvalue weighted by molar-refractivity contribution is 9.10. The van der Waals surface area contributed by atoms with Gasteiger partial charge in [0.1, 0.15) is 5.82 Å². The van der Waals surface area contributed by atoms with Gasteiger partial charge in [-0.15, -0.1) is 0 Å². The predicted molar refractivity (Wildman–Crippen MR) is 123 cm³/mol. The number of carbonyl (C=O) groups is 2. The quantitative estimate of drug-likeness (QED) is 0.353. The topological polar surface area (TPSA) is 86.9 Å². The van der Waals surface area contributed by atoms with Crippen LogP contribution in [0.15, 0.2) is 59.1 Å². The molecule has 1 aromatic heterocycles. The molecule has 1 atom stereocenters. The maximum absolute atomic E-state index is 13.9. The summed E-state index contributed by atoms with van der Waals surface area (Å²) in [6.07, 6.45) is 0.0397. The lowest BCUT2D eigenvalue weighted by Crippen LogP contribution is -2.21. The van der Waals surface area contributed by atoms with Crippen LogP contribution in [0, 0.1) is 5.82 Å². The summed E-state index contributed by atoms with van der Waals surface area (Å²) in [5.74, 6) is -1.10. The zero-order valence-electron chi connectivity index (χ0n) is 16.4. The number of halogens is 3. The van der Waals surface area contributed by atoms with Crippen molar-refractivity contribution in [2.45, 2.75) is 12.5 Å². The number of nitrogens with zero attached hydrogens (tertiary/aromatic N) is 1. The van der Waals surface area contributed by atoms with Crippen LogP contribution in [0.25, 0.3) is 10.9 Å². The fraction of sp³-hybridized carbons (Fsp3) is 0.0870. The Hall–Kier alpha value is -3.23. The minimum absolute atomic E-state index is 0.0397. The number of anilines is 1. The molecule has 0 bridgehead atoms. The van der Waals surface area contributed by atoms with Gasteiger partial charge in [0, 0.05) is 37.3 Å². The molecule has 2 heterocycles. The number of hydrogen-bond acceptors (Lipinski definition) is 3. The van der Waals surface area contributed by atoms with Gasteiger partial charge in [0.2, 0.25) is 5.91 Å². The maximum Gasteiger partial charge on any atom is 0.252 e. The third-order valence-corrected chi connectivity index (χ3v) is 6.18. The molecule has 1 aliphatic rings. The van der Waals surface area contributed by atoms with E-state index in [1.165, 1.54) is 18.2 Å². The fourth-order valence-corrected chi connectivity index (χ4v) is 4.66. The number of H-pyrrole nitrogens is 1. The smallest absolute Gasteiger partial charge is 0.252 e. The molecule has 5 rings (SSSR count). The van der Waals surface area contributed by atoms with E-state index in [0.717, 1.165) is 10.9 Å². The molecule has 0 saturated heterocycles. The lowest BCUT2D eigenvalue weighted by Gasteiger charge is -2.18. The first-order valence-electron chi connectivity index (χ1n) is 9.72. The standard InChI is InChI=1S/C23H15BrClFN4O2/c24-11-7-15-21(22(28-23(15)32)14-9-12(26)5-6-16(14)25)19(8-11)27-20(31)10-18-13-3-1-2-4-17(13)29-30-18/h1-9,22H,10H2,(H,27,31)(H,28,32)(H,29,30). The van der Waals surface area contributed by atoms with Gasteiger partial charge in [0.25, 0.3) is 5.91 Å². The highest BCUT2D eigenvalue weighted by Gasteiger charge is 2.34. The van der Waals surface area contributed by atoms with Crippen molar-refractivity contribution in [3.05, 3.63) is 92.3 Å². The normalized spacial score (nSPS) is 15.0. The van der Waals surface area contributed by atoms with Crippen LogP contribution < -0.4 is 10.6 Å². The number of aromatic nitrogens is 2. The number of nitrogens with one attached hydrogen (secondary N) is 3. The zero-order valence-corrected chi connectivity index (χ0v) is 18.7. The van der Waals surface area contributed by atoms with E-state index in [9.17, 15) is 14.0 Å². The molecule has 9 heteroatoms. The first kappa shape index (κ1) is 20.7. The molecular weight excluding hydrogens is 499 g/mol. The van der Waals surface area contributed by atoms with Crippen LogP contribution in [-0.2, 0) is 11.2 Å². The van der Waals surface area contributed by atoms with Gasteiger partial charge >= 0.3 is 0 Å². The third kappa shape index (κ3) is 3.65.